The Bertz CT molecular complexity index is 576. The van der Waals surface area contributed by atoms with Gasteiger partial charge in [0.1, 0.15) is 17.8 Å². The summed E-state index contributed by atoms with van der Waals surface area (Å²) >= 11 is 0. The molecule has 0 fully saturated rings. The van der Waals surface area contributed by atoms with Gasteiger partial charge < -0.3 is 19.4 Å². The number of methoxy groups -OCH3 is 1. The Kier molecular flexibility index (Phi) is 6.96. The number of aldehydes is 2. The normalized spacial score (nSPS) is 11.2. The average Bonchev–Trinajstić information content (AvgIpc) is 2.48. The largest absolute Gasteiger partial charge is 0.496 e. The van der Waals surface area contributed by atoms with Gasteiger partial charge >= 0.3 is 0 Å². The van der Waals surface area contributed by atoms with Gasteiger partial charge in [-0.15, -0.1) is 0 Å². The molecule has 128 valence electrons. The van der Waals surface area contributed by atoms with Gasteiger partial charge in [0, 0.05) is 20.1 Å². The third kappa shape index (κ3) is 4.65. The first-order valence-electron chi connectivity index (χ1n) is 7.65. The summed E-state index contributed by atoms with van der Waals surface area (Å²) in [6.07, 6.45) is 1.53. The maximum atomic E-state index is 11.6. The van der Waals surface area contributed by atoms with Crippen LogP contribution in [-0.2, 0) is 17.8 Å². The molecule has 0 heterocycles. The molecule has 0 atom stereocenters. The van der Waals surface area contributed by atoms with E-state index in [1.54, 1.807) is 6.92 Å². The van der Waals surface area contributed by atoms with Crippen molar-refractivity contribution in [2.24, 2.45) is 0 Å². The first-order chi connectivity index (χ1) is 10.8. The number of ether oxygens (including phenoxy) is 2. The van der Waals surface area contributed by atoms with Crippen molar-refractivity contribution in [1.29, 1.82) is 0 Å². The second-order valence-corrected chi connectivity index (χ2v) is 12.3. The number of hydrogen-bond acceptors (Lipinski definition) is 5. The molecular formula is C17H26O5Si. The molecule has 0 aromatic heterocycles. The van der Waals surface area contributed by atoms with Crippen LogP contribution in [0.2, 0.25) is 25.7 Å². The molecule has 0 saturated carbocycles. The van der Waals surface area contributed by atoms with Crippen molar-refractivity contribution < 1.29 is 24.2 Å². The van der Waals surface area contributed by atoms with Crippen LogP contribution in [0.25, 0.3) is 0 Å². The lowest BCUT2D eigenvalue weighted by Crippen LogP contribution is -2.23. The minimum atomic E-state index is -1.29. The molecule has 0 aliphatic rings. The average molecular weight is 338 g/mol. The van der Waals surface area contributed by atoms with E-state index in [9.17, 15) is 14.7 Å². The molecule has 0 radical (unpaired) electrons. The van der Waals surface area contributed by atoms with Crippen molar-refractivity contribution in [3.63, 3.8) is 0 Å². The number of hydrogen-bond donors (Lipinski definition) is 1. The van der Waals surface area contributed by atoms with E-state index < -0.39 is 8.07 Å². The van der Waals surface area contributed by atoms with Crippen molar-refractivity contribution in [3.8, 4) is 11.5 Å². The Labute approximate surface area is 138 Å². The summed E-state index contributed by atoms with van der Waals surface area (Å²) in [5.74, 6) is 0.853. The van der Waals surface area contributed by atoms with Gasteiger partial charge in [0.15, 0.2) is 6.29 Å². The molecule has 0 spiro atoms. The minimum Gasteiger partial charge on any atom is -0.496 e. The van der Waals surface area contributed by atoms with Gasteiger partial charge in [-0.1, -0.05) is 19.6 Å². The van der Waals surface area contributed by atoms with Crippen LogP contribution in [0.5, 0.6) is 11.5 Å². The van der Waals surface area contributed by atoms with E-state index in [0.29, 0.717) is 46.6 Å². The lowest BCUT2D eigenvalue weighted by atomic mass is 9.95. The van der Waals surface area contributed by atoms with Crippen LogP contribution in [0.1, 0.15) is 27.0 Å². The molecule has 23 heavy (non-hydrogen) atoms. The van der Waals surface area contributed by atoms with Crippen molar-refractivity contribution in [2.45, 2.75) is 45.6 Å². The molecule has 0 aliphatic heterocycles. The summed E-state index contributed by atoms with van der Waals surface area (Å²) in [6.45, 7) is 8.65. The third-order valence-electron chi connectivity index (χ3n) is 3.78. The highest BCUT2D eigenvalue weighted by Crippen LogP contribution is 2.38. The summed E-state index contributed by atoms with van der Waals surface area (Å²) in [6, 6.07) is 0.927. The van der Waals surface area contributed by atoms with Gasteiger partial charge in [-0.2, -0.15) is 0 Å². The predicted octanol–water partition coefficient (Wildman–Crippen LogP) is 2.77. The Morgan fingerprint density at radius 2 is 1.78 bits per heavy atom. The molecule has 6 heteroatoms. The summed E-state index contributed by atoms with van der Waals surface area (Å²) < 4.78 is 11.3. The smallest absolute Gasteiger partial charge is 0.154 e. The fraction of sp³-hybridized carbons (Fsp3) is 0.529. The van der Waals surface area contributed by atoms with Crippen molar-refractivity contribution >= 4 is 20.6 Å². The van der Waals surface area contributed by atoms with Crippen LogP contribution in [0.4, 0.5) is 0 Å². The molecule has 0 unspecified atom stereocenters. The second-order valence-electron chi connectivity index (χ2n) is 6.66. The molecule has 1 aromatic carbocycles. The maximum Gasteiger partial charge on any atom is 0.154 e. The van der Waals surface area contributed by atoms with E-state index in [0.717, 1.165) is 12.3 Å². The van der Waals surface area contributed by atoms with Crippen LogP contribution in [0, 0.1) is 6.92 Å². The summed E-state index contributed by atoms with van der Waals surface area (Å²) in [7, 11) is 0.211. The molecule has 5 nitrogen and oxygen atoms in total. The molecule has 0 amide bonds. The SMILES string of the molecule is COc1c(C)c(CO)c(C=O)c(OCC[Si](C)(C)C)c1CC=O. The van der Waals surface area contributed by atoms with Gasteiger partial charge in [0.2, 0.25) is 0 Å². The summed E-state index contributed by atoms with van der Waals surface area (Å²) in [4.78, 5) is 22.6. The monoisotopic (exact) mass is 338 g/mol. The fourth-order valence-electron chi connectivity index (χ4n) is 2.47. The Morgan fingerprint density at radius 1 is 1.13 bits per heavy atom. The van der Waals surface area contributed by atoms with Gasteiger partial charge in [0.05, 0.1) is 25.9 Å². The van der Waals surface area contributed by atoms with E-state index in [-0.39, 0.29) is 13.0 Å². The van der Waals surface area contributed by atoms with Gasteiger partial charge in [-0.3, -0.25) is 4.79 Å². The topological polar surface area (TPSA) is 72.8 Å². The summed E-state index contributed by atoms with van der Waals surface area (Å²) in [5, 5.41) is 9.62. The van der Waals surface area contributed by atoms with Crippen LogP contribution < -0.4 is 9.47 Å². The zero-order chi connectivity index (χ0) is 17.6. The van der Waals surface area contributed by atoms with Crippen molar-refractivity contribution in [2.75, 3.05) is 13.7 Å². The number of aliphatic hydroxyl groups excluding tert-OH is 1. The van der Waals surface area contributed by atoms with Crippen LogP contribution in [0.15, 0.2) is 0 Å². The number of carbonyl (C=O) groups excluding carboxylic acids is 2. The first-order valence-corrected chi connectivity index (χ1v) is 11.4. The second kappa shape index (κ2) is 8.26. The molecule has 1 N–H and O–H groups in total. The quantitative estimate of drug-likeness (QED) is 0.554. The van der Waals surface area contributed by atoms with Gasteiger partial charge in [-0.25, -0.2) is 0 Å². The Balaban J connectivity index is 3.42. The minimum absolute atomic E-state index is 0.0961. The molecule has 1 aromatic rings. The van der Waals surface area contributed by atoms with Crippen molar-refractivity contribution in [1.82, 2.24) is 0 Å². The standard InChI is InChI=1S/C17H26O5Si/c1-12-14(10-19)15(11-20)17(22-8-9-23(3,4)5)13(6-7-18)16(12)21-2/h7,11,19H,6,8-10H2,1-5H3. The molecule has 1 rings (SSSR count). The number of carbonyl (C=O) groups is 2. The molecule has 0 aliphatic carbocycles. The number of aliphatic hydroxyl groups is 1. The number of rotatable bonds is 9. The zero-order valence-corrected chi connectivity index (χ0v) is 15.6. The molecular weight excluding hydrogens is 312 g/mol. The van der Waals surface area contributed by atoms with Crippen LogP contribution in [-0.4, -0.2) is 39.5 Å². The highest BCUT2D eigenvalue weighted by atomic mass is 28.3. The van der Waals surface area contributed by atoms with E-state index in [4.69, 9.17) is 9.47 Å². The number of benzene rings is 1. The Morgan fingerprint density at radius 3 is 2.22 bits per heavy atom. The highest BCUT2D eigenvalue weighted by Gasteiger charge is 2.23. The Hall–Kier alpha value is -1.66. The van der Waals surface area contributed by atoms with E-state index in [2.05, 4.69) is 19.6 Å². The lowest BCUT2D eigenvalue weighted by molar-refractivity contribution is -0.107. The van der Waals surface area contributed by atoms with E-state index >= 15 is 0 Å². The zero-order valence-electron chi connectivity index (χ0n) is 14.6. The van der Waals surface area contributed by atoms with E-state index in [1.807, 2.05) is 0 Å². The summed E-state index contributed by atoms with van der Waals surface area (Å²) in [5.41, 5.74) is 2.01. The van der Waals surface area contributed by atoms with Crippen LogP contribution >= 0.6 is 0 Å². The van der Waals surface area contributed by atoms with Crippen molar-refractivity contribution in [3.05, 3.63) is 22.3 Å². The fourth-order valence-corrected chi connectivity index (χ4v) is 3.18. The van der Waals surface area contributed by atoms with Gasteiger partial charge in [-0.05, 0) is 24.1 Å². The molecule has 0 saturated heterocycles. The lowest BCUT2D eigenvalue weighted by Gasteiger charge is -2.22. The predicted molar refractivity (Wildman–Crippen MR) is 92.5 cm³/mol. The van der Waals surface area contributed by atoms with E-state index in [1.165, 1.54) is 7.11 Å². The highest BCUT2D eigenvalue weighted by molar-refractivity contribution is 6.76. The third-order valence-corrected chi connectivity index (χ3v) is 5.48. The first kappa shape index (κ1) is 19.4. The van der Waals surface area contributed by atoms with Gasteiger partial charge in [0.25, 0.3) is 0 Å². The maximum absolute atomic E-state index is 11.6. The molecule has 0 bridgehead atoms. The van der Waals surface area contributed by atoms with Crippen LogP contribution in [0.3, 0.4) is 0 Å².